The first-order valence-corrected chi connectivity index (χ1v) is 6.94. The zero-order valence-corrected chi connectivity index (χ0v) is 11.8. The minimum atomic E-state index is -4.44. The van der Waals surface area contributed by atoms with Crippen LogP contribution in [0.5, 0.6) is 0 Å². The summed E-state index contributed by atoms with van der Waals surface area (Å²) >= 11 is 1.37. The highest BCUT2D eigenvalue weighted by molar-refractivity contribution is 7.98. The van der Waals surface area contributed by atoms with Gasteiger partial charge in [-0.25, -0.2) is 0 Å². The van der Waals surface area contributed by atoms with Crippen molar-refractivity contribution in [3.8, 4) is 0 Å². The van der Waals surface area contributed by atoms with E-state index in [1.807, 2.05) is 26.0 Å². The first-order valence-electron chi connectivity index (χ1n) is 5.96. The van der Waals surface area contributed by atoms with Crippen molar-refractivity contribution in [2.45, 2.75) is 30.8 Å². The summed E-state index contributed by atoms with van der Waals surface area (Å²) < 4.78 is 37.0. The number of aryl methyl sites for hydroxylation is 2. The number of nitrogens with zero attached hydrogens (tertiary/aromatic N) is 2. The Kier molecular flexibility index (Phi) is 4.32. The van der Waals surface area contributed by atoms with Gasteiger partial charge in [0, 0.05) is 5.75 Å². The first-order chi connectivity index (χ1) is 9.36. The molecular formula is C14H13F3N2S. The molecule has 1 aromatic heterocycles. The highest BCUT2D eigenvalue weighted by Crippen LogP contribution is 2.28. The molecule has 0 aliphatic carbocycles. The highest BCUT2D eigenvalue weighted by atomic mass is 32.2. The third kappa shape index (κ3) is 3.72. The molecule has 2 rings (SSSR count). The molecule has 0 unspecified atom stereocenters. The van der Waals surface area contributed by atoms with Crippen molar-refractivity contribution in [3.05, 3.63) is 52.7 Å². The van der Waals surface area contributed by atoms with Crippen LogP contribution < -0.4 is 0 Å². The smallest absolute Gasteiger partial charge is 0.164 e. The van der Waals surface area contributed by atoms with Crippen LogP contribution in [0.4, 0.5) is 13.2 Å². The molecule has 2 aromatic rings. The highest BCUT2D eigenvalue weighted by Gasteiger charge is 2.32. The molecule has 0 spiro atoms. The van der Waals surface area contributed by atoms with Crippen LogP contribution in [0.25, 0.3) is 0 Å². The Hall–Kier alpha value is -1.56. The molecule has 0 fully saturated rings. The molecule has 0 aliphatic rings. The van der Waals surface area contributed by atoms with Gasteiger partial charge in [0.05, 0.1) is 0 Å². The van der Waals surface area contributed by atoms with Crippen LogP contribution in [0, 0.1) is 13.8 Å². The SMILES string of the molecule is Cc1ccc(CSc2ccc(C(F)(F)F)nn2)cc1C. The zero-order chi connectivity index (χ0) is 14.8. The summed E-state index contributed by atoms with van der Waals surface area (Å²) in [4.78, 5) is 0. The van der Waals surface area contributed by atoms with Crippen molar-refractivity contribution in [1.29, 1.82) is 0 Å². The summed E-state index contributed by atoms with van der Waals surface area (Å²) in [5.74, 6) is 0.654. The Balaban J connectivity index is 2.02. The molecule has 0 bridgehead atoms. The summed E-state index contributed by atoms with van der Waals surface area (Å²) in [6.07, 6.45) is -4.44. The number of benzene rings is 1. The van der Waals surface area contributed by atoms with Gasteiger partial charge in [0.2, 0.25) is 0 Å². The van der Waals surface area contributed by atoms with E-state index in [1.165, 1.54) is 29.0 Å². The summed E-state index contributed by atoms with van der Waals surface area (Å²) in [6.45, 7) is 4.06. The maximum absolute atomic E-state index is 12.3. The van der Waals surface area contributed by atoms with Crippen molar-refractivity contribution < 1.29 is 13.2 Å². The number of alkyl halides is 3. The molecule has 0 radical (unpaired) electrons. The van der Waals surface area contributed by atoms with Crippen LogP contribution in [0.15, 0.2) is 35.4 Å². The predicted molar refractivity (Wildman–Crippen MR) is 72.5 cm³/mol. The normalized spacial score (nSPS) is 11.7. The first kappa shape index (κ1) is 14.8. The number of rotatable bonds is 3. The average molecular weight is 298 g/mol. The molecule has 20 heavy (non-hydrogen) atoms. The van der Waals surface area contributed by atoms with E-state index in [4.69, 9.17) is 0 Å². The second kappa shape index (κ2) is 5.83. The summed E-state index contributed by atoms with van der Waals surface area (Å²) in [5.41, 5.74) is 2.56. The monoisotopic (exact) mass is 298 g/mol. The second-order valence-electron chi connectivity index (χ2n) is 4.46. The van der Waals surface area contributed by atoms with Gasteiger partial charge in [-0.1, -0.05) is 30.0 Å². The fourth-order valence-corrected chi connectivity index (χ4v) is 2.36. The Labute approximate surface area is 119 Å². The molecule has 1 heterocycles. The van der Waals surface area contributed by atoms with E-state index in [1.54, 1.807) is 0 Å². The van der Waals surface area contributed by atoms with Gasteiger partial charge in [-0.3, -0.25) is 0 Å². The minimum absolute atomic E-state index is 0.483. The molecule has 0 N–H and O–H groups in total. The third-order valence-corrected chi connectivity index (χ3v) is 3.88. The van der Waals surface area contributed by atoms with Crippen LogP contribution in [0.3, 0.4) is 0 Å². The standard InChI is InChI=1S/C14H13F3N2S/c1-9-3-4-11(7-10(9)2)8-20-13-6-5-12(18-19-13)14(15,16)17/h3-7H,8H2,1-2H3. The van der Waals surface area contributed by atoms with E-state index in [0.717, 1.165) is 11.6 Å². The van der Waals surface area contributed by atoms with Crippen molar-refractivity contribution >= 4 is 11.8 Å². The lowest BCUT2D eigenvalue weighted by Gasteiger charge is -2.06. The molecule has 0 saturated heterocycles. The van der Waals surface area contributed by atoms with Crippen LogP contribution in [-0.2, 0) is 11.9 Å². The van der Waals surface area contributed by atoms with Gasteiger partial charge >= 0.3 is 6.18 Å². The summed E-state index contributed by atoms with van der Waals surface area (Å²) in [6, 6.07) is 8.41. The molecule has 106 valence electrons. The Morgan fingerprint density at radius 2 is 1.75 bits per heavy atom. The van der Waals surface area contributed by atoms with E-state index in [9.17, 15) is 13.2 Å². The molecule has 0 amide bonds. The summed E-state index contributed by atoms with van der Waals surface area (Å²) in [5, 5.41) is 7.27. The summed E-state index contributed by atoms with van der Waals surface area (Å²) in [7, 11) is 0. The lowest BCUT2D eigenvalue weighted by atomic mass is 10.1. The predicted octanol–water partition coefficient (Wildman–Crippen LogP) is 4.40. The van der Waals surface area contributed by atoms with Crippen molar-refractivity contribution in [2.75, 3.05) is 0 Å². The molecule has 0 atom stereocenters. The number of hydrogen-bond acceptors (Lipinski definition) is 3. The van der Waals surface area contributed by atoms with Gasteiger partial charge in [-0.15, -0.1) is 10.2 Å². The number of thioether (sulfide) groups is 1. The third-order valence-electron chi connectivity index (χ3n) is 2.89. The fourth-order valence-electron chi connectivity index (χ4n) is 1.60. The molecule has 2 nitrogen and oxygen atoms in total. The molecule has 0 saturated carbocycles. The minimum Gasteiger partial charge on any atom is -0.164 e. The average Bonchev–Trinajstić information content (AvgIpc) is 2.40. The van der Waals surface area contributed by atoms with E-state index in [2.05, 4.69) is 16.3 Å². The topological polar surface area (TPSA) is 25.8 Å². The van der Waals surface area contributed by atoms with Gasteiger partial charge in [0.15, 0.2) is 5.69 Å². The van der Waals surface area contributed by atoms with Crippen molar-refractivity contribution in [1.82, 2.24) is 10.2 Å². The Morgan fingerprint density at radius 3 is 2.30 bits per heavy atom. The van der Waals surface area contributed by atoms with Gasteiger partial charge in [0.25, 0.3) is 0 Å². The van der Waals surface area contributed by atoms with Crippen LogP contribution in [0.1, 0.15) is 22.4 Å². The number of halogens is 3. The van der Waals surface area contributed by atoms with Gasteiger partial charge in [-0.05, 0) is 42.7 Å². The molecule has 1 aromatic carbocycles. The second-order valence-corrected chi connectivity index (χ2v) is 5.46. The van der Waals surface area contributed by atoms with E-state index in [-0.39, 0.29) is 0 Å². The zero-order valence-electron chi connectivity index (χ0n) is 11.0. The Morgan fingerprint density at radius 1 is 1.00 bits per heavy atom. The van der Waals surface area contributed by atoms with E-state index >= 15 is 0 Å². The fraction of sp³-hybridized carbons (Fsp3) is 0.286. The lowest BCUT2D eigenvalue weighted by molar-refractivity contribution is -0.141. The van der Waals surface area contributed by atoms with Crippen LogP contribution in [-0.4, -0.2) is 10.2 Å². The van der Waals surface area contributed by atoms with Crippen molar-refractivity contribution in [2.24, 2.45) is 0 Å². The molecule has 6 heteroatoms. The molecular weight excluding hydrogens is 285 g/mol. The van der Waals surface area contributed by atoms with Crippen molar-refractivity contribution in [3.63, 3.8) is 0 Å². The van der Waals surface area contributed by atoms with Gasteiger partial charge < -0.3 is 0 Å². The van der Waals surface area contributed by atoms with E-state index < -0.39 is 11.9 Å². The quantitative estimate of drug-likeness (QED) is 0.785. The largest absolute Gasteiger partial charge is 0.435 e. The number of hydrogen-bond donors (Lipinski definition) is 0. The van der Waals surface area contributed by atoms with Gasteiger partial charge in [0.1, 0.15) is 5.03 Å². The number of aromatic nitrogens is 2. The van der Waals surface area contributed by atoms with Gasteiger partial charge in [-0.2, -0.15) is 13.2 Å². The lowest BCUT2D eigenvalue weighted by Crippen LogP contribution is -2.08. The Bertz CT molecular complexity index is 594. The van der Waals surface area contributed by atoms with E-state index in [0.29, 0.717) is 10.8 Å². The molecule has 0 aliphatic heterocycles. The maximum Gasteiger partial charge on any atom is 0.435 e. The maximum atomic E-state index is 12.3. The van der Waals surface area contributed by atoms with Crippen LogP contribution in [0.2, 0.25) is 0 Å². The van der Waals surface area contributed by atoms with Crippen LogP contribution >= 0.6 is 11.8 Å².